The number of anilines is 1. The van der Waals surface area contributed by atoms with Crippen LogP contribution in [-0.2, 0) is 6.54 Å². The molecule has 1 aromatic carbocycles. The third-order valence-electron chi connectivity index (χ3n) is 4.36. The lowest BCUT2D eigenvalue weighted by molar-refractivity contribution is 0.711. The standard InChI is InChI=1S/C16H17N5S/c1-2-4-13-12(3-1)18-14(21(13)11-7-8-11)9-17-16-19-15(20-22-16)10-5-6-10/h1-4,10-11H,5-9H2,(H,17,19,20). The summed E-state index contributed by atoms with van der Waals surface area (Å²) in [6.45, 7) is 0.713. The van der Waals surface area contributed by atoms with Gasteiger partial charge in [-0.15, -0.1) is 0 Å². The minimum Gasteiger partial charge on any atom is -0.353 e. The van der Waals surface area contributed by atoms with Crippen molar-refractivity contribution < 1.29 is 0 Å². The third-order valence-corrected chi connectivity index (χ3v) is 5.05. The Hall–Kier alpha value is -1.95. The first kappa shape index (κ1) is 12.6. The van der Waals surface area contributed by atoms with Crippen molar-refractivity contribution in [2.24, 2.45) is 0 Å². The molecule has 2 fully saturated rings. The Morgan fingerprint density at radius 2 is 2.00 bits per heavy atom. The second-order valence-corrected chi connectivity index (χ2v) is 6.96. The number of aromatic nitrogens is 4. The molecule has 0 atom stereocenters. The van der Waals surface area contributed by atoms with Crippen LogP contribution < -0.4 is 5.32 Å². The maximum atomic E-state index is 4.80. The fraction of sp³-hybridized carbons (Fsp3) is 0.438. The van der Waals surface area contributed by atoms with Crippen molar-refractivity contribution in [1.29, 1.82) is 0 Å². The van der Waals surface area contributed by atoms with E-state index in [1.807, 2.05) is 0 Å². The van der Waals surface area contributed by atoms with Crippen LogP contribution in [0.25, 0.3) is 11.0 Å². The zero-order valence-corrected chi connectivity index (χ0v) is 13.0. The van der Waals surface area contributed by atoms with Gasteiger partial charge in [-0.3, -0.25) is 0 Å². The lowest BCUT2D eigenvalue weighted by Crippen LogP contribution is -2.07. The van der Waals surface area contributed by atoms with Crippen molar-refractivity contribution in [2.45, 2.75) is 44.2 Å². The largest absolute Gasteiger partial charge is 0.353 e. The maximum Gasteiger partial charge on any atom is 0.202 e. The van der Waals surface area contributed by atoms with Crippen LogP contribution in [0.15, 0.2) is 24.3 Å². The van der Waals surface area contributed by atoms with Crippen LogP contribution in [0, 0.1) is 0 Å². The van der Waals surface area contributed by atoms with Gasteiger partial charge >= 0.3 is 0 Å². The average Bonchev–Trinajstić information content (AvgIpc) is 3.47. The summed E-state index contributed by atoms with van der Waals surface area (Å²) in [5, 5.41) is 4.32. The van der Waals surface area contributed by atoms with Crippen molar-refractivity contribution in [3.8, 4) is 0 Å². The SMILES string of the molecule is c1ccc2c(c1)nc(CNc1nc(C3CC3)ns1)n2C1CC1. The Bertz CT molecular complexity index is 828. The summed E-state index contributed by atoms with van der Waals surface area (Å²) in [6, 6.07) is 9.03. The van der Waals surface area contributed by atoms with E-state index in [0.717, 1.165) is 22.3 Å². The van der Waals surface area contributed by atoms with E-state index >= 15 is 0 Å². The minimum atomic E-state index is 0.614. The minimum absolute atomic E-state index is 0.614. The van der Waals surface area contributed by atoms with E-state index in [2.05, 4.69) is 43.5 Å². The third kappa shape index (κ3) is 2.18. The maximum absolute atomic E-state index is 4.80. The molecular weight excluding hydrogens is 294 g/mol. The van der Waals surface area contributed by atoms with Crippen LogP contribution in [0.2, 0.25) is 0 Å². The van der Waals surface area contributed by atoms with E-state index in [4.69, 9.17) is 4.98 Å². The van der Waals surface area contributed by atoms with E-state index in [9.17, 15) is 0 Å². The first-order valence-electron chi connectivity index (χ1n) is 7.92. The van der Waals surface area contributed by atoms with Crippen LogP contribution in [0.4, 0.5) is 5.13 Å². The van der Waals surface area contributed by atoms with Gasteiger partial charge in [0.15, 0.2) is 0 Å². The van der Waals surface area contributed by atoms with E-state index in [1.165, 1.54) is 42.7 Å². The van der Waals surface area contributed by atoms with E-state index in [-0.39, 0.29) is 0 Å². The molecule has 3 aromatic rings. The van der Waals surface area contributed by atoms with Crippen LogP contribution in [-0.4, -0.2) is 18.9 Å². The van der Waals surface area contributed by atoms with Gasteiger partial charge in [0.2, 0.25) is 5.13 Å². The summed E-state index contributed by atoms with van der Waals surface area (Å²) in [5.74, 6) is 2.73. The zero-order valence-electron chi connectivity index (χ0n) is 12.2. The summed E-state index contributed by atoms with van der Waals surface area (Å²) in [7, 11) is 0. The second kappa shape index (κ2) is 4.78. The van der Waals surface area contributed by atoms with Crippen LogP contribution in [0.1, 0.15) is 49.3 Å². The van der Waals surface area contributed by atoms with Crippen molar-refractivity contribution in [3.63, 3.8) is 0 Å². The second-order valence-electron chi connectivity index (χ2n) is 6.20. The number of imidazole rings is 1. The van der Waals surface area contributed by atoms with Crippen molar-refractivity contribution in [1.82, 2.24) is 18.9 Å². The Labute approximate surface area is 132 Å². The highest BCUT2D eigenvalue weighted by molar-refractivity contribution is 7.09. The van der Waals surface area contributed by atoms with Gasteiger partial charge in [-0.25, -0.2) is 9.97 Å². The van der Waals surface area contributed by atoms with Crippen molar-refractivity contribution in [3.05, 3.63) is 35.9 Å². The number of nitrogens with one attached hydrogen (secondary N) is 1. The monoisotopic (exact) mass is 311 g/mol. The number of para-hydroxylation sites is 2. The Morgan fingerprint density at radius 3 is 2.82 bits per heavy atom. The van der Waals surface area contributed by atoms with Crippen molar-refractivity contribution >= 4 is 27.7 Å². The van der Waals surface area contributed by atoms with Crippen LogP contribution in [0.5, 0.6) is 0 Å². The fourth-order valence-electron chi connectivity index (χ4n) is 2.93. The molecule has 2 aliphatic rings. The highest BCUT2D eigenvalue weighted by atomic mass is 32.1. The van der Waals surface area contributed by atoms with Gasteiger partial charge in [0.05, 0.1) is 17.6 Å². The van der Waals surface area contributed by atoms with Gasteiger partial charge in [0, 0.05) is 23.5 Å². The molecule has 5 rings (SSSR count). The Kier molecular flexibility index (Phi) is 2.73. The topological polar surface area (TPSA) is 55.6 Å². The molecule has 5 nitrogen and oxygen atoms in total. The number of rotatable bonds is 5. The predicted molar refractivity (Wildman–Crippen MR) is 87.2 cm³/mol. The Morgan fingerprint density at radius 1 is 1.14 bits per heavy atom. The molecule has 0 spiro atoms. The Balaban J connectivity index is 1.42. The molecule has 0 radical (unpaired) electrons. The molecule has 0 aliphatic heterocycles. The summed E-state index contributed by atoms with van der Waals surface area (Å²) in [6.07, 6.45) is 5.01. The number of fused-ring (bicyclic) bond motifs is 1. The van der Waals surface area contributed by atoms with Gasteiger partial charge in [0.25, 0.3) is 0 Å². The normalized spacial score (nSPS) is 18.0. The molecule has 2 heterocycles. The van der Waals surface area contributed by atoms with E-state index in [0.29, 0.717) is 18.5 Å². The lowest BCUT2D eigenvalue weighted by atomic mass is 10.3. The molecule has 0 amide bonds. The average molecular weight is 311 g/mol. The first-order valence-corrected chi connectivity index (χ1v) is 8.69. The number of benzene rings is 1. The number of hydrogen-bond donors (Lipinski definition) is 1. The highest BCUT2D eigenvalue weighted by Crippen LogP contribution is 2.40. The summed E-state index contributed by atoms with van der Waals surface area (Å²) >= 11 is 1.46. The first-order chi connectivity index (χ1) is 10.9. The molecule has 22 heavy (non-hydrogen) atoms. The zero-order chi connectivity index (χ0) is 14.5. The van der Waals surface area contributed by atoms with Crippen LogP contribution >= 0.6 is 11.5 Å². The van der Waals surface area contributed by atoms with Crippen molar-refractivity contribution in [2.75, 3.05) is 5.32 Å². The summed E-state index contributed by atoms with van der Waals surface area (Å²) in [5.41, 5.74) is 2.33. The molecule has 2 aromatic heterocycles. The number of nitrogens with zero attached hydrogens (tertiary/aromatic N) is 4. The predicted octanol–water partition coefficient (Wildman–Crippen LogP) is 3.71. The molecule has 6 heteroatoms. The molecule has 0 bridgehead atoms. The fourth-order valence-corrected chi connectivity index (χ4v) is 3.57. The van der Waals surface area contributed by atoms with Gasteiger partial charge in [-0.05, 0) is 37.8 Å². The highest BCUT2D eigenvalue weighted by Gasteiger charge is 2.29. The molecule has 112 valence electrons. The smallest absolute Gasteiger partial charge is 0.202 e. The van der Waals surface area contributed by atoms with E-state index in [1.54, 1.807) is 0 Å². The van der Waals surface area contributed by atoms with Crippen LogP contribution in [0.3, 0.4) is 0 Å². The van der Waals surface area contributed by atoms with Gasteiger partial charge in [-0.1, -0.05) is 12.1 Å². The van der Waals surface area contributed by atoms with E-state index < -0.39 is 0 Å². The molecule has 1 N–H and O–H groups in total. The molecular formula is C16H17N5S. The molecule has 0 saturated heterocycles. The van der Waals surface area contributed by atoms with Gasteiger partial charge in [0.1, 0.15) is 11.6 Å². The molecule has 2 aliphatic carbocycles. The molecule has 0 unspecified atom stereocenters. The van der Waals surface area contributed by atoms with Gasteiger partial charge < -0.3 is 9.88 Å². The molecule has 2 saturated carbocycles. The van der Waals surface area contributed by atoms with Gasteiger partial charge in [-0.2, -0.15) is 4.37 Å². The number of hydrogen-bond acceptors (Lipinski definition) is 5. The quantitative estimate of drug-likeness (QED) is 0.780. The summed E-state index contributed by atoms with van der Waals surface area (Å²) in [4.78, 5) is 9.39. The summed E-state index contributed by atoms with van der Waals surface area (Å²) < 4.78 is 6.84. The lowest BCUT2D eigenvalue weighted by Gasteiger charge is -2.07.